The monoisotopic (exact) mass is 487 g/mol. The lowest BCUT2D eigenvalue weighted by Crippen LogP contribution is -2.44. The number of nitrogen functional groups attached to an aromatic ring is 1. The molecule has 2 amide bonds. The third kappa shape index (κ3) is 5.63. The van der Waals surface area contributed by atoms with E-state index in [1.807, 2.05) is 13.8 Å². The molecule has 1 aromatic heterocycles. The molecule has 2 aromatic rings. The molecule has 1 aliphatic heterocycles. The summed E-state index contributed by atoms with van der Waals surface area (Å²) in [6.07, 6.45) is 3.71. The molecule has 3 N–H and O–H groups in total. The van der Waals surface area contributed by atoms with Crippen LogP contribution >= 0.6 is 0 Å². The average Bonchev–Trinajstić information content (AvgIpc) is 3.18. The highest BCUT2D eigenvalue weighted by molar-refractivity contribution is 6.05. The van der Waals surface area contributed by atoms with Gasteiger partial charge in [-0.3, -0.25) is 23.9 Å². The third-order valence-electron chi connectivity index (χ3n) is 6.34. The Morgan fingerprint density at radius 3 is 2.54 bits per heavy atom. The van der Waals surface area contributed by atoms with Crippen molar-refractivity contribution in [2.45, 2.75) is 65.8 Å². The van der Waals surface area contributed by atoms with Gasteiger partial charge in [0.05, 0.1) is 11.6 Å². The fraction of sp³-hybridized carbons (Fsp3) is 0.520. The van der Waals surface area contributed by atoms with Gasteiger partial charge in [0.25, 0.3) is 5.56 Å². The quantitative estimate of drug-likeness (QED) is 0.499. The maximum atomic E-state index is 14.5. The van der Waals surface area contributed by atoms with Gasteiger partial charge in [-0.2, -0.15) is 0 Å². The average molecular weight is 488 g/mol. The SMILES string of the molecule is CCCCCN(C(=O)C1CC(=O)N(c2ccc(C)cc2F)C1)c1c(N)n(CCCC)c(=O)[nH]c1=O. The topological polar surface area (TPSA) is 121 Å². The number of benzene rings is 1. The van der Waals surface area contributed by atoms with E-state index in [-0.39, 0.29) is 42.6 Å². The van der Waals surface area contributed by atoms with Gasteiger partial charge in [-0.05, 0) is 37.5 Å². The summed E-state index contributed by atoms with van der Waals surface area (Å²) in [6, 6.07) is 4.58. The maximum Gasteiger partial charge on any atom is 0.330 e. The number of carbonyl (C=O) groups excluding carboxylic acids is 2. The van der Waals surface area contributed by atoms with Crippen LogP contribution in [0.2, 0.25) is 0 Å². The number of aromatic amines is 1. The molecule has 0 bridgehead atoms. The summed E-state index contributed by atoms with van der Waals surface area (Å²) in [5.41, 5.74) is 5.68. The van der Waals surface area contributed by atoms with Gasteiger partial charge in [0.2, 0.25) is 11.8 Å². The number of anilines is 3. The van der Waals surface area contributed by atoms with E-state index < -0.39 is 28.9 Å². The highest BCUT2D eigenvalue weighted by Crippen LogP contribution is 2.30. The number of nitrogens with one attached hydrogen (secondary N) is 1. The molecule has 9 nitrogen and oxygen atoms in total. The van der Waals surface area contributed by atoms with E-state index in [1.54, 1.807) is 13.0 Å². The number of unbranched alkanes of at least 4 members (excludes halogenated alkanes) is 3. The van der Waals surface area contributed by atoms with Crippen LogP contribution in [0.15, 0.2) is 27.8 Å². The number of carbonyl (C=O) groups is 2. The highest BCUT2D eigenvalue weighted by atomic mass is 19.1. The van der Waals surface area contributed by atoms with E-state index in [4.69, 9.17) is 5.73 Å². The fourth-order valence-electron chi connectivity index (χ4n) is 4.39. The van der Waals surface area contributed by atoms with Gasteiger partial charge in [0.15, 0.2) is 5.69 Å². The standard InChI is InChI=1S/C25H34FN5O4/c1-4-6-8-12-29(21-22(27)30(11-7-5-2)25(35)28-23(21)33)24(34)17-14-20(32)31(15-17)19-10-9-16(3)13-18(19)26/h9-10,13,17H,4-8,11-12,14-15,27H2,1-3H3,(H,28,33,35). The van der Waals surface area contributed by atoms with Gasteiger partial charge >= 0.3 is 5.69 Å². The van der Waals surface area contributed by atoms with Crippen molar-refractivity contribution in [1.82, 2.24) is 9.55 Å². The minimum atomic E-state index is -0.778. The number of hydrogen-bond acceptors (Lipinski definition) is 5. The van der Waals surface area contributed by atoms with Gasteiger partial charge in [0.1, 0.15) is 11.6 Å². The molecule has 1 aliphatic rings. The van der Waals surface area contributed by atoms with Crippen molar-refractivity contribution in [3.05, 3.63) is 50.4 Å². The molecule has 2 heterocycles. The van der Waals surface area contributed by atoms with E-state index in [9.17, 15) is 23.6 Å². The number of halogens is 1. The van der Waals surface area contributed by atoms with Crippen molar-refractivity contribution in [3.63, 3.8) is 0 Å². The Hall–Kier alpha value is -3.43. The van der Waals surface area contributed by atoms with Gasteiger partial charge in [-0.25, -0.2) is 9.18 Å². The van der Waals surface area contributed by atoms with E-state index in [0.717, 1.165) is 24.8 Å². The number of H-pyrrole nitrogens is 1. The lowest BCUT2D eigenvalue weighted by atomic mass is 10.1. The summed E-state index contributed by atoms with van der Waals surface area (Å²) in [6.45, 7) is 6.26. The molecular weight excluding hydrogens is 453 g/mol. The Morgan fingerprint density at radius 1 is 1.17 bits per heavy atom. The zero-order chi connectivity index (χ0) is 25.7. The molecule has 190 valence electrons. The Labute approximate surface area is 203 Å². The lowest BCUT2D eigenvalue weighted by molar-refractivity contribution is -0.124. The van der Waals surface area contributed by atoms with Crippen LogP contribution in [-0.2, 0) is 16.1 Å². The molecule has 1 aromatic carbocycles. The zero-order valence-corrected chi connectivity index (χ0v) is 20.6. The summed E-state index contributed by atoms with van der Waals surface area (Å²) >= 11 is 0. The van der Waals surface area contributed by atoms with E-state index in [1.165, 1.54) is 26.5 Å². The molecule has 0 radical (unpaired) electrons. The molecule has 1 saturated heterocycles. The Morgan fingerprint density at radius 2 is 1.89 bits per heavy atom. The van der Waals surface area contributed by atoms with Crippen LogP contribution < -0.4 is 26.8 Å². The molecular formula is C25H34FN5O4. The second-order valence-electron chi connectivity index (χ2n) is 9.06. The van der Waals surface area contributed by atoms with Crippen LogP contribution in [-0.4, -0.2) is 34.5 Å². The van der Waals surface area contributed by atoms with E-state index in [0.29, 0.717) is 19.4 Å². The molecule has 0 aliphatic carbocycles. The molecule has 10 heteroatoms. The van der Waals surface area contributed by atoms with Gasteiger partial charge in [-0.1, -0.05) is 39.2 Å². The summed E-state index contributed by atoms with van der Waals surface area (Å²) in [5.74, 6) is -2.19. The number of hydrogen-bond donors (Lipinski definition) is 2. The second-order valence-corrected chi connectivity index (χ2v) is 9.06. The van der Waals surface area contributed by atoms with Crippen molar-refractivity contribution >= 4 is 29.0 Å². The van der Waals surface area contributed by atoms with Crippen LogP contribution in [0.4, 0.5) is 21.6 Å². The smallest absolute Gasteiger partial charge is 0.330 e. The minimum absolute atomic E-state index is 0.00475. The Kier molecular flexibility index (Phi) is 8.48. The summed E-state index contributed by atoms with van der Waals surface area (Å²) < 4.78 is 15.8. The predicted molar refractivity (Wildman–Crippen MR) is 134 cm³/mol. The van der Waals surface area contributed by atoms with E-state index in [2.05, 4.69) is 4.98 Å². The van der Waals surface area contributed by atoms with Crippen molar-refractivity contribution in [3.8, 4) is 0 Å². The highest BCUT2D eigenvalue weighted by Gasteiger charge is 2.39. The number of amides is 2. The molecule has 1 fully saturated rings. The first-order valence-corrected chi connectivity index (χ1v) is 12.2. The number of nitrogens with two attached hydrogens (primary N) is 1. The Bertz CT molecular complexity index is 1210. The largest absolute Gasteiger partial charge is 0.383 e. The van der Waals surface area contributed by atoms with Crippen LogP contribution in [0.3, 0.4) is 0 Å². The Balaban J connectivity index is 1.96. The number of aryl methyl sites for hydroxylation is 1. The number of nitrogens with zero attached hydrogens (tertiary/aromatic N) is 3. The van der Waals surface area contributed by atoms with Crippen molar-refractivity contribution < 1.29 is 14.0 Å². The van der Waals surface area contributed by atoms with Gasteiger partial charge in [-0.15, -0.1) is 0 Å². The molecule has 1 atom stereocenters. The normalized spacial score (nSPS) is 15.6. The van der Waals surface area contributed by atoms with Crippen LogP contribution in [0.1, 0.15) is 57.9 Å². The second kappa shape index (κ2) is 11.3. The molecule has 3 rings (SSSR count). The first-order chi connectivity index (χ1) is 16.7. The van der Waals surface area contributed by atoms with Crippen molar-refractivity contribution in [2.75, 3.05) is 28.6 Å². The predicted octanol–water partition coefficient (Wildman–Crippen LogP) is 2.94. The maximum absolute atomic E-state index is 14.5. The summed E-state index contributed by atoms with van der Waals surface area (Å²) in [4.78, 5) is 56.5. The lowest BCUT2D eigenvalue weighted by Gasteiger charge is -2.27. The molecule has 35 heavy (non-hydrogen) atoms. The summed E-state index contributed by atoms with van der Waals surface area (Å²) in [5, 5.41) is 0. The summed E-state index contributed by atoms with van der Waals surface area (Å²) in [7, 11) is 0. The number of aromatic nitrogens is 2. The van der Waals surface area contributed by atoms with Crippen molar-refractivity contribution in [2.24, 2.45) is 5.92 Å². The fourth-order valence-corrected chi connectivity index (χ4v) is 4.39. The van der Waals surface area contributed by atoms with Gasteiger partial charge < -0.3 is 15.5 Å². The van der Waals surface area contributed by atoms with Gasteiger partial charge in [0, 0.05) is 26.1 Å². The molecule has 0 saturated carbocycles. The van der Waals surface area contributed by atoms with E-state index >= 15 is 0 Å². The third-order valence-corrected chi connectivity index (χ3v) is 6.34. The first kappa shape index (κ1) is 26.2. The molecule has 1 unspecified atom stereocenters. The molecule has 0 spiro atoms. The van der Waals surface area contributed by atoms with Crippen molar-refractivity contribution in [1.29, 1.82) is 0 Å². The van der Waals surface area contributed by atoms with Crippen LogP contribution in [0.5, 0.6) is 0 Å². The first-order valence-electron chi connectivity index (χ1n) is 12.2. The minimum Gasteiger partial charge on any atom is -0.383 e. The number of rotatable bonds is 10. The van der Waals surface area contributed by atoms with Crippen LogP contribution in [0, 0.1) is 18.7 Å². The van der Waals surface area contributed by atoms with Crippen LogP contribution in [0.25, 0.3) is 0 Å². The zero-order valence-electron chi connectivity index (χ0n) is 20.6.